The fourth-order valence-electron chi connectivity index (χ4n) is 7.86. The number of hydrogen-bond donors (Lipinski definition) is 1. The number of morpholine rings is 1. The van der Waals surface area contributed by atoms with Gasteiger partial charge in [-0.1, -0.05) is 36.3 Å². The van der Waals surface area contributed by atoms with E-state index in [1.165, 1.54) is 18.9 Å². The average Bonchev–Trinajstić information content (AvgIpc) is 3.51. The summed E-state index contributed by atoms with van der Waals surface area (Å²) in [4.78, 5) is 14.4. The average molecular weight is 610 g/mol. The van der Waals surface area contributed by atoms with Crippen molar-refractivity contribution in [1.82, 2.24) is 20.2 Å². The van der Waals surface area contributed by atoms with Crippen molar-refractivity contribution in [2.45, 2.75) is 76.0 Å². The Labute approximate surface area is 263 Å². The molecule has 4 aliphatic heterocycles. The molecule has 0 saturated carbocycles. The highest BCUT2D eigenvalue weighted by Crippen LogP contribution is 2.31. The molecule has 7 rings (SSSR count). The number of hydrogen-bond acceptors (Lipinski definition) is 6. The standard InChI is InChI=1S/C37H41F2N5O/c1-3-25-8-6-9-26-10-7-11-31(36(25)26)24(2)33(39)18-32-34(19-38)41-35(42-37(32)43-20-27-13-14-28(21-43)40-27)12-4-5-17-44-29-15-16-30(44)23-45-22-29/h1,6-11,18-19,27-30,40H,4-5,12-17,20-23H2,2H3/b32-18+,33-24-,34-19-. The molecule has 4 unspecified atom stereocenters. The smallest absolute Gasteiger partial charge is 0.140 e. The fraction of sp³-hybridized carbons (Fsp3) is 0.459. The number of terminal acetylenes is 1. The lowest BCUT2D eigenvalue weighted by Gasteiger charge is -2.34. The quantitative estimate of drug-likeness (QED) is 0.297. The molecule has 4 fully saturated rings. The third-order valence-corrected chi connectivity index (χ3v) is 10.2. The monoisotopic (exact) mass is 609 g/mol. The molecule has 8 heteroatoms. The molecule has 4 atom stereocenters. The Morgan fingerprint density at radius 2 is 1.78 bits per heavy atom. The van der Waals surface area contributed by atoms with Crippen molar-refractivity contribution in [1.29, 1.82) is 0 Å². The van der Waals surface area contributed by atoms with Crippen molar-refractivity contribution < 1.29 is 13.5 Å². The lowest BCUT2D eigenvalue weighted by Crippen LogP contribution is -2.53. The Morgan fingerprint density at radius 1 is 1.04 bits per heavy atom. The van der Waals surface area contributed by atoms with Crippen LogP contribution < -0.4 is 20.8 Å². The molecule has 6 nitrogen and oxygen atoms in total. The summed E-state index contributed by atoms with van der Waals surface area (Å²) >= 11 is 0. The molecular weight excluding hydrogens is 568 g/mol. The predicted molar refractivity (Wildman–Crippen MR) is 176 cm³/mol. The summed E-state index contributed by atoms with van der Waals surface area (Å²) in [7, 11) is 0. The highest BCUT2D eigenvalue weighted by Gasteiger charge is 2.37. The number of benzene rings is 2. The second-order valence-corrected chi connectivity index (χ2v) is 13.0. The predicted octanol–water partition coefficient (Wildman–Crippen LogP) is 4.63. The number of nitrogens with one attached hydrogen (secondary N) is 1. The van der Waals surface area contributed by atoms with Crippen LogP contribution in [-0.2, 0) is 11.2 Å². The maximum Gasteiger partial charge on any atom is 0.140 e. The maximum atomic E-state index is 16.3. The van der Waals surface area contributed by atoms with Crippen molar-refractivity contribution >= 4 is 34.6 Å². The summed E-state index contributed by atoms with van der Waals surface area (Å²) in [6.07, 6.45) is 14.9. The topological polar surface area (TPSA) is 53.5 Å². The van der Waals surface area contributed by atoms with Crippen LogP contribution in [0.25, 0.3) is 28.8 Å². The van der Waals surface area contributed by atoms with Gasteiger partial charge in [-0.05, 0) is 80.7 Å². The van der Waals surface area contributed by atoms with E-state index >= 15 is 4.39 Å². The number of rotatable bonds is 8. The number of aryl methyl sites for hydroxylation is 1. The number of anilines is 1. The van der Waals surface area contributed by atoms with Gasteiger partial charge in [-0.25, -0.2) is 18.7 Å². The summed E-state index contributed by atoms with van der Waals surface area (Å²) in [5.74, 6) is 3.49. The van der Waals surface area contributed by atoms with E-state index in [0.29, 0.717) is 70.5 Å². The Morgan fingerprint density at radius 3 is 2.49 bits per heavy atom. The third kappa shape index (κ3) is 6.02. The number of allylic oxidation sites excluding steroid dienone is 2. The van der Waals surface area contributed by atoms with E-state index in [9.17, 15) is 4.39 Å². The molecule has 1 aromatic heterocycles. The molecule has 0 spiro atoms. The minimum atomic E-state index is -0.465. The zero-order valence-electron chi connectivity index (χ0n) is 25.9. The van der Waals surface area contributed by atoms with Gasteiger partial charge in [0.1, 0.15) is 29.1 Å². The molecule has 2 aromatic carbocycles. The molecule has 0 amide bonds. The van der Waals surface area contributed by atoms with Crippen LogP contribution in [0.15, 0.2) is 42.2 Å². The normalized spacial score (nSPS) is 26.0. The maximum absolute atomic E-state index is 16.3. The molecule has 5 heterocycles. The van der Waals surface area contributed by atoms with Crippen molar-refractivity contribution in [3.63, 3.8) is 0 Å². The lowest BCUT2D eigenvalue weighted by atomic mass is 9.95. The van der Waals surface area contributed by atoms with Crippen molar-refractivity contribution in [3.05, 3.63) is 69.7 Å². The second kappa shape index (κ2) is 13.0. The number of ether oxygens (including phenoxy) is 1. The molecule has 4 bridgehead atoms. The number of fused-ring (bicyclic) bond motifs is 5. The van der Waals surface area contributed by atoms with Crippen molar-refractivity contribution in [2.24, 2.45) is 0 Å². The summed E-state index contributed by atoms with van der Waals surface area (Å²) in [6, 6.07) is 13.3. The van der Waals surface area contributed by atoms with E-state index in [2.05, 4.69) is 26.0 Å². The molecule has 45 heavy (non-hydrogen) atoms. The zero-order valence-corrected chi connectivity index (χ0v) is 25.9. The van der Waals surface area contributed by atoms with Gasteiger partial charge < -0.3 is 15.0 Å². The fourth-order valence-corrected chi connectivity index (χ4v) is 7.86. The summed E-state index contributed by atoms with van der Waals surface area (Å²) in [5.41, 5.74) is 1.85. The van der Waals surface area contributed by atoms with E-state index in [0.717, 1.165) is 69.3 Å². The van der Waals surface area contributed by atoms with Gasteiger partial charge in [-0.3, -0.25) is 4.90 Å². The molecule has 4 saturated heterocycles. The van der Waals surface area contributed by atoms with Crippen LogP contribution in [0, 0.1) is 12.3 Å². The molecule has 0 aliphatic carbocycles. The molecule has 4 aliphatic rings. The van der Waals surface area contributed by atoms with E-state index in [4.69, 9.17) is 16.1 Å². The van der Waals surface area contributed by atoms with Crippen molar-refractivity contribution in [3.8, 4) is 12.3 Å². The van der Waals surface area contributed by atoms with Gasteiger partial charge in [-0.15, -0.1) is 6.42 Å². The Bertz CT molecular complexity index is 1750. The molecule has 0 radical (unpaired) electrons. The van der Waals surface area contributed by atoms with Crippen LogP contribution >= 0.6 is 0 Å². The van der Waals surface area contributed by atoms with Crippen LogP contribution in [-0.4, -0.2) is 71.9 Å². The zero-order chi connectivity index (χ0) is 30.9. The Balaban J connectivity index is 1.23. The van der Waals surface area contributed by atoms with E-state index < -0.39 is 5.83 Å². The number of unbranched alkanes of at least 4 members (excludes halogenated alkanes) is 1. The first kappa shape index (κ1) is 30.0. The minimum absolute atomic E-state index is 0.122. The van der Waals surface area contributed by atoms with Gasteiger partial charge in [0, 0.05) is 59.8 Å². The van der Waals surface area contributed by atoms with E-state index in [1.54, 1.807) is 6.92 Å². The minimum Gasteiger partial charge on any atom is -0.378 e. The molecule has 1 N–H and O–H groups in total. The number of piperazine rings is 1. The van der Waals surface area contributed by atoms with Gasteiger partial charge >= 0.3 is 0 Å². The van der Waals surface area contributed by atoms with Crippen LogP contribution in [0.1, 0.15) is 62.4 Å². The van der Waals surface area contributed by atoms with E-state index in [-0.39, 0.29) is 5.35 Å². The summed E-state index contributed by atoms with van der Waals surface area (Å²) < 4.78 is 36.7. The third-order valence-electron chi connectivity index (χ3n) is 10.2. The van der Waals surface area contributed by atoms with Crippen molar-refractivity contribution in [2.75, 3.05) is 37.7 Å². The van der Waals surface area contributed by atoms with Crippen LogP contribution in [0.4, 0.5) is 14.6 Å². The van der Waals surface area contributed by atoms with E-state index in [1.807, 2.05) is 36.4 Å². The van der Waals surface area contributed by atoms with Gasteiger partial charge in [0.15, 0.2) is 0 Å². The SMILES string of the molecule is C#Cc1cccc2cccc(/C(C)=C(F)/C=c3/c(N4CC5CCC(C4)N5)nc(CCCCN4C5CCC4COC5)n/c3=C\F)c12. The molecule has 234 valence electrons. The molecule has 3 aromatic rings. The number of aromatic nitrogens is 2. The van der Waals surface area contributed by atoms with Crippen LogP contribution in [0.5, 0.6) is 0 Å². The molecular formula is C37H41F2N5O. The summed E-state index contributed by atoms with van der Waals surface area (Å²) in [6.45, 7) is 5.94. The highest BCUT2D eigenvalue weighted by atomic mass is 19.1. The Kier molecular flexibility index (Phi) is 8.68. The van der Waals surface area contributed by atoms with Gasteiger partial charge in [0.25, 0.3) is 0 Å². The Hall–Kier alpha value is -3.64. The highest BCUT2D eigenvalue weighted by molar-refractivity contribution is 5.98. The first-order chi connectivity index (χ1) is 22.0. The first-order valence-corrected chi connectivity index (χ1v) is 16.4. The first-order valence-electron chi connectivity index (χ1n) is 16.4. The van der Waals surface area contributed by atoms with Crippen LogP contribution in [0.2, 0.25) is 0 Å². The van der Waals surface area contributed by atoms with Gasteiger partial charge in [0.2, 0.25) is 0 Å². The second-order valence-electron chi connectivity index (χ2n) is 13.0. The van der Waals surface area contributed by atoms with Crippen LogP contribution in [0.3, 0.4) is 0 Å². The lowest BCUT2D eigenvalue weighted by molar-refractivity contribution is -0.0149. The van der Waals surface area contributed by atoms with Gasteiger partial charge in [-0.2, -0.15) is 0 Å². The number of halogens is 2. The van der Waals surface area contributed by atoms with Gasteiger partial charge in [0.05, 0.1) is 13.2 Å². The largest absolute Gasteiger partial charge is 0.378 e. The number of nitrogens with zero attached hydrogens (tertiary/aromatic N) is 4. The summed E-state index contributed by atoms with van der Waals surface area (Å²) in [5, 5.41) is 5.93.